The summed E-state index contributed by atoms with van der Waals surface area (Å²) in [5, 5.41) is 7.88. The molecule has 3 aromatic rings. The Kier molecular flexibility index (Phi) is 5.53. The molecule has 3 rings (SSSR count). The Balaban J connectivity index is 1.64. The standard InChI is InChI=1S/C19H19BrClN3O2/c1-19(2,9-13-5-3-4-6-16(13)21)23-18(25)17-8-7-15(26-17)12-24-11-14(20)10-22-24/h3-8,10-11H,9,12H2,1-2H3,(H,23,25). The molecule has 0 aliphatic heterocycles. The quantitative estimate of drug-likeness (QED) is 0.610. The van der Waals surface area contributed by atoms with Gasteiger partial charge in [0, 0.05) is 16.8 Å². The first kappa shape index (κ1) is 18.7. The average Bonchev–Trinajstić information content (AvgIpc) is 3.19. The molecule has 0 radical (unpaired) electrons. The smallest absolute Gasteiger partial charge is 0.287 e. The van der Waals surface area contributed by atoms with Crippen LogP contribution in [0, 0.1) is 0 Å². The lowest BCUT2D eigenvalue weighted by molar-refractivity contribution is 0.0882. The minimum Gasteiger partial charge on any atom is -0.454 e. The van der Waals surface area contributed by atoms with E-state index in [1.807, 2.05) is 44.3 Å². The van der Waals surface area contributed by atoms with Crippen LogP contribution in [-0.2, 0) is 13.0 Å². The SMILES string of the molecule is CC(C)(Cc1ccccc1Cl)NC(=O)c1ccc(Cn2cc(Br)cn2)o1. The number of amides is 1. The van der Waals surface area contributed by atoms with E-state index in [4.69, 9.17) is 16.0 Å². The number of carbonyl (C=O) groups excluding carboxylic acids is 1. The van der Waals surface area contributed by atoms with Gasteiger partial charge in [-0.1, -0.05) is 29.8 Å². The molecule has 2 heterocycles. The van der Waals surface area contributed by atoms with Crippen LogP contribution < -0.4 is 5.32 Å². The topological polar surface area (TPSA) is 60.1 Å². The van der Waals surface area contributed by atoms with Gasteiger partial charge in [0.1, 0.15) is 5.76 Å². The van der Waals surface area contributed by atoms with Crippen LogP contribution in [0.1, 0.15) is 35.7 Å². The highest BCUT2D eigenvalue weighted by molar-refractivity contribution is 9.10. The monoisotopic (exact) mass is 435 g/mol. The molecule has 0 saturated heterocycles. The van der Waals surface area contributed by atoms with Crippen molar-refractivity contribution in [2.45, 2.75) is 32.4 Å². The first-order valence-corrected chi connectivity index (χ1v) is 9.32. The summed E-state index contributed by atoms with van der Waals surface area (Å²) in [6.07, 6.45) is 4.16. The molecule has 2 aromatic heterocycles. The summed E-state index contributed by atoms with van der Waals surface area (Å²) in [7, 11) is 0. The molecule has 0 unspecified atom stereocenters. The van der Waals surface area contributed by atoms with Crippen molar-refractivity contribution in [3.05, 3.63) is 75.4 Å². The van der Waals surface area contributed by atoms with Crippen molar-refractivity contribution in [2.75, 3.05) is 0 Å². The van der Waals surface area contributed by atoms with Crippen molar-refractivity contribution in [3.8, 4) is 0 Å². The van der Waals surface area contributed by atoms with E-state index in [1.165, 1.54) is 0 Å². The van der Waals surface area contributed by atoms with Gasteiger partial charge in [-0.25, -0.2) is 0 Å². The Morgan fingerprint density at radius 1 is 1.31 bits per heavy atom. The molecule has 0 aliphatic carbocycles. The number of hydrogen-bond acceptors (Lipinski definition) is 3. The maximum atomic E-state index is 12.5. The molecule has 7 heteroatoms. The Bertz CT molecular complexity index is 917. The maximum absolute atomic E-state index is 12.5. The zero-order valence-electron chi connectivity index (χ0n) is 14.5. The minimum atomic E-state index is -0.470. The highest BCUT2D eigenvalue weighted by Gasteiger charge is 2.24. The zero-order chi connectivity index (χ0) is 18.7. The summed E-state index contributed by atoms with van der Waals surface area (Å²) in [5.41, 5.74) is 0.519. The van der Waals surface area contributed by atoms with Crippen LogP contribution in [0.2, 0.25) is 5.02 Å². The summed E-state index contributed by atoms with van der Waals surface area (Å²) >= 11 is 9.57. The second kappa shape index (κ2) is 7.68. The van der Waals surface area contributed by atoms with Crippen molar-refractivity contribution in [3.63, 3.8) is 0 Å². The highest BCUT2D eigenvalue weighted by Crippen LogP contribution is 2.21. The van der Waals surface area contributed by atoms with Crippen molar-refractivity contribution in [2.24, 2.45) is 0 Å². The number of nitrogens with one attached hydrogen (secondary N) is 1. The molecule has 0 bridgehead atoms. The molecule has 0 atom stereocenters. The van der Waals surface area contributed by atoms with Gasteiger partial charge in [0.05, 0.1) is 17.2 Å². The summed E-state index contributed by atoms with van der Waals surface area (Å²) in [6, 6.07) is 11.1. The minimum absolute atomic E-state index is 0.255. The number of carbonyl (C=O) groups is 1. The van der Waals surface area contributed by atoms with Crippen molar-refractivity contribution in [1.82, 2.24) is 15.1 Å². The lowest BCUT2D eigenvalue weighted by Gasteiger charge is -2.26. The van der Waals surface area contributed by atoms with E-state index in [1.54, 1.807) is 23.0 Å². The summed E-state index contributed by atoms with van der Waals surface area (Å²) in [5.74, 6) is 0.683. The van der Waals surface area contributed by atoms with Crippen molar-refractivity contribution < 1.29 is 9.21 Å². The van der Waals surface area contributed by atoms with Crippen LogP contribution in [-0.4, -0.2) is 21.2 Å². The number of aromatic nitrogens is 2. The fourth-order valence-electron chi connectivity index (χ4n) is 2.70. The van der Waals surface area contributed by atoms with Gasteiger partial charge in [0.25, 0.3) is 5.91 Å². The molecule has 136 valence electrons. The molecule has 26 heavy (non-hydrogen) atoms. The second-order valence-corrected chi connectivity index (χ2v) is 8.05. The largest absolute Gasteiger partial charge is 0.454 e. The Morgan fingerprint density at radius 2 is 2.08 bits per heavy atom. The molecule has 0 aliphatic rings. The molecular formula is C19H19BrClN3O2. The lowest BCUT2D eigenvalue weighted by Crippen LogP contribution is -2.45. The van der Waals surface area contributed by atoms with Gasteiger partial charge in [0.2, 0.25) is 0 Å². The Morgan fingerprint density at radius 3 is 2.77 bits per heavy atom. The van der Waals surface area contributed by atoms with Crippen LogP contribution in [0.15, 0.2) is 57.7 Å². The predicted molar refractivity (Wildman–Crippen MR) is 104 cm³/mol. The van der Waals surface area contributed by atoms with Gasteiger partial charge in [-0.3, -0.25) is 9.48 Å². The van der Waals surface area contributed by atoms with Crippen LogP contribution >= 0.6 is 27.5 Å². The van der Waals surface area contributed by atoms with Crippen LogP contribution in [0.5, 0.6) is 0 Å². The third kappa shape index (κ3) is 4.77. The second-order valence-electron chi connectivity index (χ2n) is 6.73. The van der Waals surface area contributed by atoms with E-state index in [0.717, 1.165) is 10.0 Å². The number of furan rings is 1. The van der Waals surface area contributed by atoms with E-state index in [2.05, 4.69) is 26.3 Å². The molecule has 1 amide bonds. The number of rotatable bonds is 6. The van der Waals surface area contributed by atoms with Crippen LogP contribution in [0.3, 0.4) is 0 Å². The van der Waals surface area contributed by atoms with Gasteiger partial charge in [-0.05, 0) is 60.0 Å². The molecule has 0 fully saturated rings. The number of hydrogen-bond donors (Lipinski definition) is 1. The van der Waals surface area contributed by atoms with Gasteiger partial charge in [-0.15, -0.1) is 0 Å². The fourth-order valence-corrected chi connectivity index (χ4v) is 3.23. The van der Waals surface area contributed by atoms with Gasteiger partial charge < -0.3 is 9.73 Å². The Hall–Kier alpha value is -2.05. The summed E-state index contributed by atoms with van der Waals surface area (Å²) in [6.45, 7) is 4.38. The van der Waals surface area contributed by atoms with Gasteiger partial charge in [0.15, 0.2) is 5.76 Å². The highest BCUT2D eigenvalue weighted by atomic mass is 79.9. The van der Waals surface area contributed by atoms with Gasteiger partial charge >= 0.3 is 0 Å². The van der Waals surface area contributed by atoms with Crippen molar-refractivity contribution >= 4 is 33.4 Å². The lowest BCUT2D eigenvalue weighted by atomic mass is 9.94. The molecule has 1 N–H and O–H groups in total. The first-order chi connectivity index (χ1) is 12.3. The Labute approximate surface area is 165 Å². The number of nitrogens with zero attached hydrogens (tertiary/aromatic N) is 2. The average molecular weight is 437 g/mol. The third-order valence-corrected chi connectivity index (χ3v) is 4.63. The predicted octanol–water partition coefficient (Wildman–Crippen LogP) is 4.69. The molecule has 5 nitrogen and oxygen atoms in total. The van der Waals surface area contributed by atoms with E-state index < -0.39 is 5.54 Å². The third-order valence-electron chi connectivity index (χ3n) is 3.85. The summed E-state index contributed by atoms with van der Waals surface area (Å²) < 4.78 is 8.28. The summed E-state index contributed by atoms with van der Waals surface area (Å²) in [4.78, 5) is 12.5. The van der Waals surface area contributed by atoms with Gasteiger partial charge in [-0.2, -0.15) is 5.10 Å². The van der Waals surface area contributed by atoms with E-state index in [0.29, 0.717) is 23.7 Å². The normalized spacial score (nSPS) is 11.5. The molecule has 0 spiro atoms. The maximum Gasteiger partial charge on any atom is 0.287 e. The number of halogens is 2. The fraction of sp³-hybridized carbons (Fsp3) is 0.263. The molecule has 0 saturated carbocycles. The van der Waals surface area contributed by atoms with Crippen molar-refractivity contribution in [1.29, 1.82) is 0 Å². The van der Waals surface area contributed by atoms with Crippen LogP contribution in [0.25, 0.3) is 0 Å². The molecule has 1 aromatic carbocycles. The van der Waals surface area contributed by atoms with E-state index >= 15 is 0 Å². The number of benzene rings is 1. The van der Waals surface area contributed by atoms with Crippen LogP contribution in [0.4, 0.5) is 0 Å². The molecular weight excluding hydrogens is 418 g/mol. The first-order valence-electron chi connectivity index (χ1n) is 8.15. The van der Waals surface area contributed by atoms with E-state index in [9.17, 15) is 4.79 Å². The zero-order valence-corrected chi connectivity index (χ0v) is 16.8. The van der Waals surface area contributed by atoms with E-state index in [-0.39, 0.29) is 11.7 Å².